The molecule has 0 aliphatic heterocycles. The van der Waals surface area contributed by atoms with E-state index in [0.29, 0.717) is 11.1 Å². The minimum atomic E-state index is -0.637. The SMILES string of the molecule is CC(C)(C)OC(=O)n1cc(-c2ccccc2[N+](=O)[O-])cn1. The van der Waals surface area contributed by atoms with E-state index in [9.17, 15) is 14.9 Å². The van der Waals surface area contributed by atoms with Gasteiger partial charge in [-0.2, -0.15) is 9.78 Å². The van der Waals surface area contributed by atoms with Gasteiger partial charge >= 0.3 is 6.09 Å². The van der Waals surface area contributed by atoms with E-state index in [-0.39, 0.29) is 5.69 Å². The Balaban J connectivity index is 2.33. The van der Waals surface area contributed by atoms with Gasteiger partial charge in [-0.05, 0) is 26.8 Å². The lowest BCUT2D eigenvalue weighted by molar-refractivity contribution is -0.384. The molecule has 1 aromatic heterocycles. The molecule has 21 heavy (non-hydrogen) atoms. The maximum absolute atomic E-state index is 11.9. The highest BCUT2D eigenvalue weighted by Crippen LogP contribution is 2.29. The summed E-state index contributed by atoms with van der Waals surface area (Å²) in [5, 5.41) is 14.9. The second kappa shape index (κ2) is 5.35. The first kappa shape index (κ1) is 14.7. The molecule has 0 unspecified atom stereocenters. The summed E-state index contributed by atoms with van der Waals surface area (Å²) in [5.74, 6) is 0. The maximum Gasteiger partial charge on any atom is 0.435 e. The van der Waals surface area contributed by atoms with E-state index in [1.54, 1.807) is 39.0 Å². The number of hydrogen-bond acceptors (Lipinski definition) is 5. The van der Waals surface area contributed by atoms with E-state index < -0.39 is 16.6 Å². The Morgan fingerprint density at radius 2 is 2.00 bits per heavy atom. The number of benzene rings is 1. The minimum Gasteiger partial charge on any atom is -0.442 e. The van der Waals surface area contributed by atoms with Crippen LogP contribution in [0.5, 0.6) is 0 Å². The fraction of sp³-hybridized carbons (Fsp3) is 0.286. The highest BCUT2D eigenvalue weighted by molar-refractivity contribution is 5.76. The normalized spacial score (nSPS) is 11.2. The number of rotatable bonds is 2. The Kier molecular flexibility index (Phi) is 3.75. The van der Waals surface area contributed by atoms with Gasteiger partial charge in [0.25, 0.3) is 5.69 Å². The Morgan fingerprint density at radius 1 is 1.33 bits per heavy atom. The van der Waals surface area contributed by atoms with Gasteiger partial charge in [0.1, 0.15) is 5.60 Å². The first-order valence-electron chi connectivity index (χ1n) is 6.30. The van der Waals surface area contributed by atoms with Gasteiger partial charge in [-0.1, -0.05) is 12.1 Å². The van der Waals surface area contributed by atoms with Crippen molar-refractivity contribution < 1.29 is 14.5 Å². The minimum absolute atomic E-state index is 0.0405. The van der Waals surface area contributed by atoms with Gasteiger partial charge in [-0.3, -0.25) is 10.1 Å². The third-order valence-electron chi connectivity index (χ3n) is 2.57. The summed E-state index contributed by atoms with van der Waals surface area (Å²) >= 11 is 0. The third-order valence-corrected chi connectivity index (χ3v) is 2.57. The van der Waals surface area contributed by atoms with Crippen LogP contribution in [0.2, 0.25) is 0 Å². The van der Waals surface area contributed by atoms with E-state index in [4.69, 9.17) is 4.74 Å². The molecule has 0 atom stereocenters. The number of hydrogen-bond donors (Lipinski definition) is 0. The molecule has 2 aromatic rings. The fourth-order valence-electron chi connectivity index (χ4n) is 1.75. The molecule has 1 aromatic carbocycles. The standard InChI is InChI=1S/C14H15N3O4/c1-14(2,3)21-13(18)16-9-10(8-15-16)11-6-4-5-7-12(11)17(19)20/h4-9H,1-3H3. The average Bonchev–Trinajstić information content (AvgIpc) is 2.86. The van der Waals surface area contributed by atoms with Crippen molar-refractivity contribution in [3.63, 3.8) is 0 Å². The lowest BCUT2D eigenvalue weighted by atomic mass is 10.1. The first-order valence-corrected chi connectivity index (χ1v) is 6.30. The van der Waals surface area contributed by atoms with Gasteiger partial charge in [0.2, 0.25) is 0 Å². The van der Waals surface area contributed by atoms with Crippen molar-refractivity contribution in [2.75, 3.05) is 0 Å². The van der Waals surface area contributed by atoms with Crippen molar-refractivity contribution in [2.24, 2.45) is 0 Å². The molecule has 0 aliphatic rings. The average molecular weight is 289 g/mol. The number of carbonyl (C=O) groups is 1. The summed E-state index contributed by atoms with van der Waals surface area (Å²) in [5.41, 5.74) is 0.203. The van der Waals surface area contributed by atoms with Crippen molar-refractivity contribution in [1.29, 1.82) is 0 Å². The first-order chi connectivity index (χ1) is 9.78. The quantitative estimate of drug-likeness (QED) is 0.625. The van der Waals surface area contributed by atoms with Crippen LogP contribution in [0, 0.1) is 10.1 Å². The Morgan fingerprint density at radius 3 is 2.62 bits per heavy atom. The van der Waals surface area contributed by atoms with Gasteiger partial charge < -0.3 is 4.74 Å². The largest absolute Gasteiger partial charge is 0.442 e. The van der Waals surface area contributed by atoms with Crippen LogP contribution in [-0.4, -0.2) is 26.4 Å². The summed E-state index contributed by atoms with van der Waals surface area (Å²) in [6.07, 6.45) is 2.18. The van der Waals surface area contributed by atoms with Crippen LogP contribution in [0.4, 0.5) is 10.5 Å². The van der Waals surface area contributed by atoms with Crippen LogP contribution in [0.25, 0.3) is 11.1 Å². The number of nitro benzene ring substituents is 1. The molecule has 0 saturated carbocycles. The second-order valence-corrected chi connectivity index (χ2v) is 5.43. The third kappa shape index (κ3) is 3.44. The number of para-hydroxylation sites is 1. The van der Waals surface area contributed by atoms with Crippen molar-refractivity contribution in [2.45, 2.75) is 26.4 Å². The fourth-order valence-corrected chi connectivity index (χ4v) is 1.75. The van der Waals surface area contributed by atoms with Gasteiger partial charge in [-0.25, -0.2) is 4.79 Å². The molecule has 1 heterocycles. The molecule has 0 fully saturated rings. The molecule has 0 radical (unpaired) electrons. The van der Waals surface area contributed by atoms with Crippen LogP contribution in [0.3, 0.4) is 0 Å². The zero-order valence-corrected chi connectivity index (χ0v) is 11.9. The molecule has 0 N–H and O–H groups in total. The molecule has 2 rings (SSSR count). The molecule has 0 aliphatic carbocycles. The molecule has 0 saturated heterocycles. The predicted octanol–water partition coefficient (Wildman–Crippen LogP) is 3.24. The predicted molar refractivity (Wildman–Crippen MR) is 75.9 cm³/mol. The number of nitrogens with zero attached hydrogens (tertiary/aromatic N) is 3. The number of aromatic nitrogens is 2. The van der Waals surface area contributed by atoms with Crippen molar-refractivity contribution in [3.8, 4) is 11.1 Å². The van der Waals surface area contributed by atoms with Crippen LogP contribution in [-0.2, 0) is 4.74 Å². The highest BCUT2D eigenvalue weighted by Gasteiger charge is 2.20. The zero-order valence-electron chi connectivity index (χ0n) is 11.9. The van der Waals surface area contributed by atoms with E-state index in [1.165, 1.54) is 18.5 Å². The Bertz CT molecular complexity index is 686. The van der Waals surface area contributed by atoms with E-state index >= 15 is 0 Å². The van der Waals surface area contributed by atoms with Crippen LogP contribution in [0.15, 0.2) is 36.7 Å². The highest BCUT2D eigenvalue weighted by atomic mass is 16.6. The molecule has 110 valence electrons. The number of ether oxygens (including phenoxy) is 1. The molecule has 7 heteroatoms. The molecular weight excluding hydrogens is 274 g/mol. The van der Waals surface area contributed by atoms with Gasteiger partial charge in [0.05, 0.1) is 16.7 Å². The lowest BCUT2D eigenvalue weighted by Crippen LogP contribution is -2.27. The lowest BCUT2D eigenvalue weighted by Gasteiger charge is -2.18. The topological polar surface area (TPSA) is 87.3 Å². The summed E-state index contributed by atoms with van der Waals surface area (Å²) in [6.45, 7) is 5.24. The van der Waals surface area contributed by atoms with Gasteiger partial charge in [0.15, 0.2) is 0 Å². The Labute approximate surface area is 121 Å². The smallest absolute Gasteiger partial charge is 0.435 e. The van der Waals surface area contributed by atoms with Crippen LogP contribution in [0.1, 0.15) is 20.8 Å². The molecule has 0 amide bonds. The molecular formula is C14H15N3O4. The molecule has 0 bridgehead atoms. The summed E-state index contributed by atoms with van der Waals surface area (Å²) in [7, 11) is 0. The maximum atomic E-state index is 11.9. The van der Waals surface area contributed by atoms with Crippen LogP contribution >= 0.6 is 0 Å². The van der Waals surface area contributed by atoms with E-state index in [0.717, 1.165) is 4.68 Å². The van der Waals surface area contributed by atoms with Crippen molar-refractivity contribution in [3.05, 3.63) is 46.8 Å². The Hall–Kier alpha value is -2.70. The number of carbonyl (C=O) groups excluding carboxylic acids is 1. The van der Waals surface area contributed by atoms with Crippen molar-refractivity contribution in [1.82, 2.24) is 9.78 Å². The summed E-state index contributed by atoms with van der Waals surface area (Å²) in [4.78, 5) is 22.4. The van der Waals surface area contributed by atoms with Crippen LogP contribution < -0.4 is 0 Å². The molecule has 0 spiro atoms. The van der Waals surface area contributed by atoms with E-state index in [1.807, 2.05) is 0 Å². The second-order valence-electron chi connectivity index (χ2n) is 5.43. The van der Waals surface area contributed by atoms with Crippen molar-refractivity contribution >= 4 is 11.8 Å². The molecule has 7 nitrogen and oxygen atoms in total. The zero-order chi connectivity index (χ0) is 15.6. The van der Waals surface area contributed by atoms with Gasteiger partial charge in [0, 0.05) is 17.8 Å². The summed E-state index contributed by atoms with van der Waals surface area (Å²) < 4.78 is 6.20. The van der Waals surface area contributed by atoms with Gasteiger partial charge in [-0.15, -0.1) is 0 Å². The number of nitro groups is 1. The van der Waals surface area contributed by atoms with E-state index in [2.05, 4.69) is 5.10 Å². The summed E-state index contributed by atoms with van der Waals surface area (Å²) in [6, 6.07) is 6.28. The monoisotopic (exact) mass is 289 g/mol.